The molecule has 0 aliphatic heterocycles. The average molecular weight is 419 g/mol. The lowest BCUT2D eigenvalue weighted by atomic mass is 9.44. The van der Waals surface area contributed by atoms with Crippen molar-refractivity contribution < 1.29 is 19.1 Å². The Bertz CT molecular complexity index is 659. The fraction of sp³-hybridized carbons (Fsp3) is 0.923. The third-order valence-corrected chi connectivity index (χ3v) is 10.3. The van der Waals surface area contributed by atoms with E-state index < -0.39 is 0 Å². The summed E-state index contributed by atoms with van der Waals surface area (Å²) in [6, 6.07) is 0. The topological polar surface area (TPSA) is 52.6 Å². The van der Waals surface area contributed by atoms with Gasteiger partial charge in [-0.3, -0.25) is 9.59 Å². The molecule has 0 spiro atoms. The molecule has 4 fully saturated rings. The van der Waals surface area contributed by atoms with Crippen molar-refractivity contribution in [3.63, 3.8) is 0 Å². The molecule has 4 saturated carbocycles. The molecule has 8 atom stereocenters. The minimum Gasteiger partial charge on any atom is -0.469 e. The summed E-state index contributed by atoms with van der Waals surface area (Å²) in [5, 5.41) is 0. The smallest absolute Gasteiger partial charge is 0.305 e. The van der Waals surface area contributed by atoms with Crippen LogP contribution in [0.5, 0.6) is 0 Å². The van der Waals surface area contributed by atoms with Gasteiger partial charge < -0.3 is 9.47 Å². The second kappa shape index (κ2) is 8.47. The van der Waals surface area contributed by atoms with Gasteiger partial charge in [0.25, 0.3) is 0 Å². The lowest BCUT2D eigenvalue weighted by Gasteiger charge is -2.61. The lowest BCUT2D eigenvalue weighted by molar-refractivity contribution is -0.160. The molecule has 4 rings (SSSR count). The first-order valence-electron chi connectivity index (χ1n) is 12.5. The molecule has 30 heavy (non-hydrogen) atoms. The number of carbonyl (C=O) groups excluding carboxylic acids is 2. The molecule has 0 radical (unpaired) electrons. The van der Waals surface area contributed by atoms with Crippen LogP contribution in [0, 0.1) is 40.4 Å². The van der Waals surface area contributed by atoms with E-state index in [1.807, 2.05) is 0 Å². The molecule has 4 aliphatic carbocycles. The van der Waals surface area contributed by atoms with E-state index in [-0.39, 0.29) is 18.0 Å². The molecule has 4 aliphatic rings. The Hall–Kier alpha value is -1.06. The van der Waals surface area contributed by atoms with Gasteiger partial charge in [0.15, 0.2) is 0 Å². The van der Waals surface area contributed by atoms with Gasteiger partial charge in [-0.25, -0.2) is 0 Å². The van der Waals surface area contributed by atoms with E-state index >= 15 is 0 Å². The number of hydrogen-bond donors (Lipinski definition) is 0. The molecule has 170 valence electrons. The maximum Gasteiger partial charge on any atom is 0.305 e. The van der Waals surface area contributed by atoms with Gasteiger partial charge in [0.05, 0.1) is 7.11 Å². The molecule has 4 heteroatoms. The highest BCUT2D eigenvalue weighted by Crippen LogP contribution is 2.68. The van der Waals surface area contributed by atoms with E-state index in [1.54, 1.807) is 6.92 Å². The van der Waals surface area contributed by atoms with Gasteiger partial charge in [0.2, 0.25) is 0 Å². The fourth-order valence-electron chi connectivity index (χ4n) is 8.74. The van der Waals surface area contributed by atoms with Crippen LogP contribution < -0.4 is 0 Å². The number of rotatable bonds is 5. The first-order chi connectivity index (χ1) is 14.3. The van der Waals surface area contributed by atoms with E-state index in [2.05, 4.69) is 13.8 Å². The van der Waals surface area contributed by atoms with Crippen LogP contribution >= 0.6 is 0 Å². The lowest BCUT2D eigenvalue weighted by Crippen LogP contribution is -2.54. The standard InChI is InChI=1S/C26H42O4/c1-17(27)30-20-12-14-26(3)19(16-20)8-10-21-22-11-9-18(6-5-7-24(28)29-4)25(22,2)15-13-23(21)26/h18-23H,5-16H2,1-4H3/t18-,19+,20+,21?,22?,23?,25+,26-/m0/s1. The summed E-state index contributed by atoms with van der Waals surface area (Å²) in [6.45, 7) is 6.70. The van der Waals surface area contributed by atoms with Gasteiger partial charge in [-0.15, -0.1) is 0 Å². The van der Waals surface area contributed by atoms with Crippen molar-refractivity contribution in [2.24, 2.45) is 40.4 Å². The van der Waals surface area contributed by atoms with Crippen molar-refractivity contribution in [1.82, 2.24) is 0 Å². The van der Waals surface area contributed by atoms with Crippen molar-refractivity contribution in [3.8, 4) is 0 Å². The van der Waals surface area contributed by atoms with Crippen molar-refractivity contribution in [1.29, 1.82) is 0 Å². The van der Waals surface area contributed by atoms with Crippen LogP contribution in [0.15, 0.2) is 0 Å². The number of carbonyl (C=O) groups is 2. The first-order valence-corrected chi connectivity index (χ1v) is 12.5. The summed E-state index contributed by atoms with van der Waals surface area (Å²) >= 11 is 0. The normalized spacial score (nSPS) is 45.1. The maximum atomic E-state index is 11.5. The number of fused-ring (bicyclic) bond motifs is 5. The van der Waals surface area contributed by atoms with E-state index in [0.717, 1.165) is 48.9 Å². The Labute approximate surface area is 182 Å². The maximum absolute atomic E-state index is 11.5. The minimum atomic E-state index is -0.116. The second-order valence-corrected chi connectivity index (χ2v) is 11.4. The zero-order chi connectivity index (χ0) is 21.5. The highest BCUT2D eigenvalue weighted by molar-refractivity contribution is 5.69. The molecule has 0 aromatic carbocycles. The predicted octanol–water partition coefficient (Wildman–Crippen LogP) is 5.92. The SMILES string of the molecule is COC(=O)CCC[C@H]1CCC2C3CC[C@@H]4C[C@H](OC(C)=O)CC[C@]4(C)C3CC[C@@]21C. The van der Waals surface area contributed by atoms with Crippen molar-refractivity contribution in [2.45, 2.75) is 104 Å². The van der Waals surface area contributed by atoms with Gasteiger partial charge in [0, 0.05) is 13.3 Å². The van der Waals surface area contributed by atoms with Crippen molar-refractivity contribution in [2.75, 3.05) is 7.11 Å². The number of methoxy groups -OCH3 is 1. The van der Waals surface area contributed by atoms with E-state index in [1.165, 1.54) is 58.5 Å². The molecule has 0 saturated heterocycles. The molecule has 4 nitrogen and oxygen atoms in total. The Morgan fingerprint density at radius 2 is 1.67 bits per heavy atom. The van der Waals surface area contributed by atoms with Crippen LogP contribution in [-0.4, -0.2) is 25.2 Å². The number of hydrogen-bond acceptors (Lipinski definition) is 4. The molecule has 0 aromatic rings. The average Bonchev–Trinajstić information content (AvgIpc) is 3.04. The summed E-state index contributed by atoms with van der Waals surface area (Å²) < 4.78 is 10.5. The zero-order valence-corrected chi connectivity index (χ0v) is 19.6. The van der Waals surface area contributed by atoms with Crippen molar-refractivity contribution >= 4 is 11.9 Å². The highest BCUT2D eigenvalue weighted by Gasteiger charge is 2.60. The third kappa shape index (κ3) is 3.81. The molecular weight excluding hydrogens is 376 g/mol. The summed E-state index contributed by atoms with van der Waals surface area (Å²) in [4.78, 5) is 23.0. The van der Waals surface area contributed by atoms with Crippen LogP contribution in [0.4, 0.5) is 0 Å². The Morgan fingerprint density at radius 3 is 2.40 bits per heavy atom. The molecule has 0 aromatic heterocycles. The van der Waals surface area contributed by atoms with Gasteiger partial charge in [-0.05, 0) is 111 Å². The van der Waals surface area contributed by atoms with E-state index in [4.69, 9.17) is 9.47 Å². The largest absolute Gasteiger partial charge is 0.469 e. The first kappa shape index (κ1) is 22.1. The van der Waals surface area contributed by atoms with Crippen molar-refractivity contribution in [3.05, 3.63) is 0 Å². The predicted molar refractivity (Wildman–Crippen MR) is 117 cm³/mol. The summed E-state index contributed by atoms with van der Waals surface area (Å²) in [6.07, 6.45) is 14.4. The monoisotopic (exact) mass is 418 g/mol. The van der Waals surface area contributed by atoms with Crippen LogP contribution in [0.3, 0.4) is 0 Å². The Balaban J connectivity index is 1.42. The quantitative estimate of drug-likeness (QED) is 0.520. The molecule has 3 unspecified atom stereocenters. The van der Waals surface area contributed by atoms with E-state index in [9.17, 15) is 9.59 Å². The van der Waals surface area contributed by atoms with Gasteiger partial charge in [0.1, 0.15) is 6.10 Å². The van der Waals surface area contributed by atoms with Crippen LogP contribution in [0.1, 0.15) is 97.8 Å². The molecule has 0 heterocycles. The Kier molecular flexibility index (Phi) is 6.25. The summed E-state index contributed by atoms with van der Waals surface area (Å²) in [7, 11) is 1.49. The van der Waals surface area contributed by atoms with Crippen LogP contribution in [0.25, 0.3) is 0 Å². The Morgan fingerprint density at radius 1 is 0.933 bits per heavy atom. The fourth-order valence-corrected chi connectivity index (χ4v) is 8.74. The zero-order valence-electron chi connectivity index (χ0n) is 19.6. The molecule has 0 N–H and O–H groups in total. The molecule has 0 bridgehead atoms. The third-order valence-electron chi connectivity index (χ3n) is 10.3. The van der Waals surface area contributed by atoms with Crippen LogP contribution in [-0.2, 0) is 19.1 Å². The van der Waals surface area contributed by atoms with Crippen LogP contribution in [0.2, 0.25) is 0 Å². The highest BCUT2D eigenvalue weighted by atomic mass is 16.5. The van der Waals surface area contributed by atoms with Gasteiger partial charge >= 0.3 is 11.9 Å². The minimum absolute atomic E-state index is 0.0611. The molecule has 0 amide bonds. The molecular formula is C26H42O4. The summed E-state index contributed by atoms with van der Waals surface area (Å²) in [5.74, 6) is 3.91. The number of ether oxygens (including phenoxy) is 2. The van der Waals surface area contributed by atoms with Gasteiger partial charge in [-0.1, -0.05) is 13.8 Å². The van der Waals surface area contributed by atoms with Gasteiger partial charge in [-0.2, -0.15) is 0 Å². The number of esters is 2. The summed E-state index contributed by atoms with van der Waals surface area (Å²) in [5.41, 5.74) is 0.902. The second-order valence-electron chi connectivity index (χ2n) is 11.4. The van der Waals surface area contributed by atoms with E-state index in [0.29, 0.717) is 17.3 Å².